The summed E-state index contributed by atoms with van der Waals surface area (Å²) in [6, 6.07) is 0. The Morgan fingerprint density at radius 2 is 1.05 bits per heavy atom. The molecule has 0 aromatic carbocycles. The van der Waals surface area contributed by atoms with Crippen molar-refractivity contribution < 1.29 is 34.8 Å². The topological polar surface area (TPSA) is 121 Å². The summed E-state index contributed by atoms with van der Waals surface area (Å²) in [6.07, 6.45) is 0.0404. The Morgan fingerprint density at radius 3 is 1.30 bits per heavy atom. The molecule has 0 saturated heterocycles. The van der Waals surface area contributed by atoms with Crippen LogP contribution >= 0.6 is 0 Å². The molecule has 0 atom stereocenters. The third-order valence-corrected chi connectivity index (χ3v) is 4.45. The summed E-state index contributed by atoms with van der Waals surface area (Å²) in [4.78, 5) is 22.2. The summed E-state index contributed by atoms with van der Waals surface area (Å²) in [5.74, 6) is -2.41. The Hall–Kier alpha value is -1.16. The lowest BCUT2D eigenvalue weighted by Gasteiger charge is -2.04. The highest BCUT2D eigenvalue weighted by Crippen LogP contribution is 2.06. The standard InChI is InChI=1S/C10H18O8S2/c1-3-19(13,14)17-9(11)7-5-6-8-10(12)18-20(15,16)4-2/h3-8H2,1-2H3. The molecular weight excluding hydrogens is 312 g/mol. The molecule has 20 heavy (non-hydrogen) atoms. The zero-order chi connectivity index (χ0) is 15.8. The Bertz CT molecular complexity index is 482. The van der Waals surface area contributed by atoms with Crippen LogP contribution in [0.25, 0.3) is 0 Å². The van der Waals surface area contributed by atoms with Crippen LogP contribution in [0.5, 0.6) is 0 Å². The Morgan fingerprint density at radius 1 is 0.750 bits per heavy atom. The minimum Gasteiger partial charge on any atom is -0.346 e. The van der Waals surface area contributed by atoms with E-state index in [4.69, 9.17) is 0 Å². The fraction of sp³-hybridized carbons (Fsp3) is 0.800. The van der Waals surface area contributed by atoms with E-state index in [0.29, 0.717) is 0 Å². The van der Waals surface area contributed by atoms with Crippen LogP contribution in [0.3, 0.4) is 0 Å². The van der Waals surface area contributed by atoms with Gasteiger partial charge in [-0.25, -0.2) is 0 Å². The van der Waals surface area contributed by atoms with Gasteiger partial charge in [0, 0.05) is 12.8 Å². The highest BCUT2D eigenvalue weighted by atomic mass is 32.2. The first-order valence-corrected chi connectivity index (χ1v) is 9.17. The van der Waals surface area contributed by atoms with E-state index < -0.39 is 32.2 Å². The summed E-state index contributed by atoms with van der Waals surface area (Å²) in [5.41, 5.74) is 0. The number of hydrogen-bond acceptors (Lipinski definition) is 8. The van der Waals surface area contributed by atoms with Gasteiger partial charge in [0.1, 0.15) is 0 Å². The van der Waals surface area contributed by atoms with Gasteiger partial charge in [-0.1, -0.05) is 0 Å². The predicted molar refractivity (Wildman–Crippen MR) is 69.6 cm³/mol. The molecule has 0 aromatic heterocycles. The van der Waals surface area contributed by atoms with Crippen molar-refractivity contribution in [3.8, 4) is 0 Å². The maximum atomic E-state index is 11.1. The zero-order valence-electron chi connectivity index (χ0n) is 11.3. The summed E-state index contributed by atoms with van der Waals surface area (Å²) in [6.45, 7) is 2.68. The second-order valence-corrected chi connectivity index (χ2v) is 7.53. The Kier molecular flexibility index (Phi) is 7.72. The van der Waals surface area contributed by atoms with Crippen LogP contribution in [0.4, 0.5) is 0 Å². The SMILES string of the molecule is CCS(=O)(=O)OC(=O)CCCCC(=O)OS(=O)(=O)CC. The van der Waals surface area contributed by atoms with E-state index in [1.165, 1.54) is 13.8 Å². The van der Waals surface area contributed by atoms with Gasteiger partial charge in [0.2, 0.25) is 0 Å². The van der Waals surface area contributed by atoms with Gasteiger partial charge in [0.15, 0.2) is 0 Å². The fourth-order valence-corrected chi connectivity index (χ4v) is 1.99. The van der Waals surface area contributed by atoms with Crippen LogP contribution in [0.2, 0.25) is 0 Å². The molecule has 0 saturated carbocycles. The van der Waals surface area contributed by atoms with Gasteiger partial charge in [-0.2, -0.15) is 16.8 Å². The molecule has 0 amide bonds. The molecule has 118 valence electrons. The second-order valence-electron chi connectivity index (χ2n) is 3.81. The molecule has 0 aliphatic carbocycles. The fourth-order valence-electron chi connectivity index (χ4n) is 1.02. The molecule has 0 aliphatic rings. The second kappa shape index (κ2) is 8.20. The number of carbonyl (C=O) groups is 2. The minimum atomic E-state index is -3.82. The van der Waals surface area contributed by atoms with Crippen LogP contribution in [-0.4, -0.2) is 40.3 Å². The van der Waals surface area contributed by atoms with Crippen molar-refractivity contribution in [3.05, 3.63) is 0 Å². The van der Waals surface area contributed by atoms with E-state index in [0.717, 1.165) is 0 Å². The third kappa shape index (κ3) is 8.86. The quantitative estimate of drug-likeness (QED) is 0.438. The van der Waals surface area contributed by atoms with Crippen molar-refractivity contribution in [2.45, 2.75) is 39.5 Å². The molecule has 0 rings (SSSR count). The van der Waals surface area contributed by atoms with Crippen molar-refractivity contribution in [2.24, 2.45) is 0 Å². The van der Waals surface area contributed by atoms with E-state index >= 15 is 0 Å². The maximum absolute atomic E-state index is 11.1. The van der Waals surface area contributed by atoms with Crippen molar-refractivity contribution in [3.63, 3.8) is 0 Å². The number of hydrogen-bond donors (Lipinski definition) is 0. The van der Waals surface area contributed by atoms with Gasteiger partial charge >= 0.3 is 32.2 Å². The Balaban J connectivity index is 3.93. The van der Waals surface area contributed by atoms with E-state index in [2.05, 4.69) is 8.37 Å². The Labute approximate surface area is 118 Å². The van der Waals surface area contributed by atoms with Crippen LogP contribution in [-0.2, 0) is 38.2 Å². The molecule has 0 spiro atoms. The summed E-state index contributed by atoms with van der Waals surface area (Å²) < 4.78 is 52.3. The molecule has 0 heterocycles. The van der Waals surface area contributed by atoms with E-state index in [-0.39, 0.29) is 37.2 Å². The first-order chi connectivity index (χ1) is 9.12. The van der Waals surface area contributed by atoms with E-state index in [1.807, 2.05) is 0 Å². The van der Waals surface area contributed by atoms with Crippen molar-refractivity contribution in [2.75, 3.05) is 11.5 Å². The van der Waals surface area contributed by atoms with Gasteiger partial charge in [-0.15, -0.1) is 0 Å². The lowest BCUT2D eigenvalue weighted by molar-refractivity contribution is -0.136. The molecular formula is C10H18O8S2. The average Bonchev–Trinajstić information content (AvgIpc) is 2.33. The van der Waals surface area contributed by atoms with Crippen LogP contribution in [0, 0.1) is 0 Å². The van der Waals surface area contributed by atoms with Crippen molar-refractivity contribution in [1.82, 2.24) is 0 Å². The largest absolute Gasteiger partial charge is 0.346 e. The molecule has 0 bridgehead atoms. The first kappa shape index (κ1) is 18.8. The van der Waals surface area contributed by atoms with Gasteiger partial charge in [0.05, 0.1) is 11.5 Å². The number of unbranched alkanes of at least 4 members (excludes halogenated alkanes) is 1. The average molecular weight is 330 g/mol. The lowest BCUT2D eigenvalue weighted by Crippen LogP contribution is -2.15. The number of rotatable bonds is 9. The van der Waals surface area contributed by atoms with Gasteiger partial charge < -0.3 is 8.37 Å². The van der Waals surface area contributed by atoms with Gasteiger partial charge in [-0.05, 0) is 26.7 Å². The summed E-state index contributed by atoms with van der Waals surface area (Å²) >= 11 is 0. The molecule has 0 N–H and O–H groups in total. The summed E-state index contributed by atoms with van der Waals surface area (Å²) in [7, 11) is -7.64. The third-order valence-electron chi connectivity index (χ3n) is 2.16. The number of carbonyl (C=O) groups excluding carboxylic acids is 2. The molecule has 0 aromatic rings. The van der Waals surface area contributed by atoms with Crippen LogP contribution in [0.1, 0.15) is 39.5 Å². The monoisotopic (exact) mass is 330 g/mol. The lowest BCUT2D eigenvalue weighted by atomic mass is 10.2. The molecule has 0 radical (unpaired) electrons. The normalized spacial score (nSPS) is 11.9. The van der Waals surface area contributed by atoms with E-state index in [1.54, 1.807) is 0 Å². The first-order valence-electron chi connectivity index (χ1n) is 6.02. The maximum Gasteiger partial charge on any atom is 0.322 e. The molecule has 8 nitrogen and oxygen atoms in total. The zero-order valence-corrected chi connectivity index (χ0v) is 13.0. The molecule has 10 heteroatoms. The molecule has 0 aliphatic heterocycles. The summed E-state index contributed by atoms with van der Waals surface area (Å²) in [5, 5.41) is 0. The molecule has 0 unspecified atom stereocenters. The van der Waals surface area contributed by atoms with Gasteiger partial charge in [-0.3, -0.25) is 9.59 Å². The van der Waals surface area contributed by atoms with Crippen LogP contribution < -0.4 is 0 Å². The minimum absolute atomic E-state index is 0.174. The predicted octanol–water partition coefficient (Wildman–Crippen LogP) is 0.333. The van der Waals surface area contributed by atoms with E-state index in [9.17, 15) is 26.4 Å². The highest BCUT2D eigenvalue weighted by molar-refractivity contribution is 7.87. The molecule has 0 fully saturated rings. The van der Waals surface area contributed by atoms with Crippen molar-refractivity contribution >= 4 is 32.2 Å². The highest BCUT2D eigenvalue weighted by Gasteiger charge is 2.16. The smallest absolute Gasteiger partial charge is 0.322 e. The van der Waals surface area contributed by atoms with Crippen LogP contribution in [0.15, 0.2) is 0 Å². The van der Waals surface area contributed by atoms with Crippen molar-refractivity contribution in [1.29, 1.82) is 0 Å². The van der Waals surface area contributed by atoms with Gasteiger partial charge in [0.25, 0.3) is 0 Å².